The topological polar surface area (TPSA) is 56.9 Å². The van der Waals surface area contributed by atoms with Gasteiger partial charge in [0.1, 0.15) is 11.4 Å². The number of hydrogen-bond donors (Lipinski definition) is 1. The number of rotatable bonds is 6. The second-order valence-corrected chi connectivity index (χ2v) is 5.43. The van der Waals surface area contributed by atoms with Crippen LogP contribution in [0.3, 0.4) is 0 Å². The van der Waals surface area contributed by atoms with Gasteiger partial charge in [0.05, 0.1) is 12.6 Å². The van der Waals surface area contributed by atoms with E-state index in [1.165, 1.54) is 0 Å². The molecular formula is C14H23N5. The van der Waals surface area contributed by atoms with Crippen molar-refractivity contribution in [2.24, 2.45) is 0 Å². The van der Waals surface area contributed by atoms with Crippen LogP contribution >= 0.6 is 0 Å². The molecule has 1 unspecified atom stereocenters. The zero-order valence-electron chi connectivity index (χ0n) is 11.9. The molecule has 0 aromatic carbocycles. The Kier molecular flexibility index (Phi) is 4.56. The van der Waals surface area contributed by atoms with Crippen molar-refractivity contribution in [2.75, 3.05) is 19.6 Å². The van der Waals surface area contributed by atoms with Crippen LogP contribution in [0.1, 0.15) is 32.5 Å². The number of nitrogens with one attached hydrogen (secondary N) is 1. The van der Waals surface area contributed by atoms with Crippen molar-refractivity contribution >= 4 is 0 Å². The smallest absolute Gasteiger partial charge is 0.122 e. The minimum Gasteiger partial charge on any atom is -0.333 e. The second kappa shape index (κ2) is 6.18. The van der Waals surface area contributed by atoms with Crippen LogP contribution in [0.2, 0.25) is 0 Å². The summed E-state index contributed by atoms with van der Waals surface area (Å²) >= 11 is 0. The second-order valence-electron chi connectivity index (χ2n) is 5.43. The average Bonchev–Trinajstić information content (AvgIpc) is 2.90. The third-order valence-electron chi connectivity index (χ3n) is 3.76. The molecule has 1 aliphatic rings. The van der Waals surface area contributed by atoms with E-state index in [0.29, 0.717) is 0 Å². The van der Waals surface area contributed by atoms with Crippen molar-refractivity contribution in [1.29, 1.82) is 5.26 Å². The lowest BCUT2D eigenvalue weighted by atomic mass is 9.99. The van der Waals surface area contributed by atoms with Crippen LogP contribution in [-0.4, -0.2) is 39.6 Å². The summed E-state index contributed by atoms with van der Waals surface area (Å²) in [6, 6.07) is 2.41. The zero-order chi connectivity index (χ0) is 13.7. The first-order valence-electron chi connectivity index (χ1n) is 7.05. The number of aromatic nitrogens is 2. The molecule has 1 N–H and O–H groups in total. The van der Waals surface area contributed by atoms with E-state index in [1.807, 2.05) is 19.3 Å². The van der Waals surface area contributed by atoms with Gasteiger partial charge in [-0.2, -0.15) is 5.26 Å². The maximum Gasteiger partial charge on any atom is 0.122 e. The predicted octanol–water partition coefficient (Wildman–Crippen LogP) is 1.37. The maximum absolute atomic E-state index is 9.32. The normalized spacial score (nSPS) is 18.6. The fourth-order valence-corrected chi connectivity index (χ4v) is 2.38. The summed E-state index contributed by atoms with van der Waals surface area (Å²) in [6.07, 6.45) is 5.80. The maximum atomic E-state index is 9.32. The molecule has 104 valence electrons. The van der Waals surface area contributed by atoms with Gasteiger partial charge in [-0.3, -0.25) is 10.2 Å². The first kappa shape index (κ1) is 14.0. The summed E-state index contributed by atoms with van der Waals surface area (Å²) in [5, 5.41) is 12.7. The van der Waals surface area contributed by atoms with E-state index in [-0.39, 0.29) is 0 Å². The zero-order valence-corrected chi connectivity index (χ0v) is 11.9. The van der Waals surface area contributed by atoms with Crippen LogP contribution in [0.4, 0.5) is 0 Å². The predicted molar refractivity (Wildman–Crippen MR) is 74.4 cm³/mol. The van der Waals surface area contributed by atoms with E-state index in [0.717, 1.165) is 51.4 Å². The molecule has 2 rings (SSSR count). The summed E-state index contributed by atoms with van der Waals surface area (Å²) in [5.41, 5.74) is -0.414. The molecule has 5 nitrogen and oxygen atoms in total. The van der Waals surface area contributed by atoms with Crippen LogP contribution in [-0.2, 0) is 13.1 Å². The summed E-state index contributed by atoms with van der Waals surface area (Å²) < 4.78 is 2.20. The Morgan fingerprint density at radius 2 is 2.37 bits per heavy atom. The molecule has 0 bridgehead atoms. The first-order chi connectivity index (χ1) is 9.17. The van der Waals surface area contributed by atoms with Gasteiger partial charge in [0.25, 0.3) is 0 Å². The molecule has 1 aromatic heterocycles. The molecule has 0 amide bonds. The van der Waals surface area contributed by atoms with Crippen LogP contribution in [0.25, 0.3) is 0 Å². The highest BCUT2D eigenvalue weighted by atomic mass is 15.2. The van der Waals surface area contributed by atoms with E-state index in [2.05, 4.69) is 32.8 Å². The van der Waals surface area contributed by atoms with Gasteiger partial charge in [0.2, 0.25) is 0 Å². The fourth-order valence-electron chi connectivity index (χ4n) is 2.38. The quantitative estimate of drug-likeness (QED) is 0.840. The highest BCUT2D eigenvalue weighted by Gasteiger charge is 2.25. The lowest BCUT2D eigenvalue weighted by molar-refractivity contribution is 0.198. The number of fused-ring (bicyclic) bond motifs is 1. The van der Waals surface area contributed by atoms with Crippen molar-refractivity contribution in [3.63, 3.8) is 0 Å². The molecule has 2 heterocycles. The summed E-state index contributed by atoms with van der Waals surface area (Å²) in [4.78, 5) is 6.74. The van der Waals surface area contributed by atoms with Crippen molar-refractivity contribution in [3.8, 4) is 6.07 Å². The van der Waals surface area contributed by atoms with E-state index in [4.69, 9.17) is 0 Å². The van der Waals surface area contributed by atoms with Gasteiger partial charge in [-0.05, 0) is 26.3 Å². The number of nitriles is 1. The Balaban J connectivity index is 1.84. The molecule has 0 spiro atoms. The van der Waals surface area contributed by atoms with Gasteiger partial charge < -0.3 is 4.57 Å². The van der Waals surface area contributed by atoms with Crippen LogP contribution in [0, 0.1) is 11.3 Å². The highest BCUT2D eigenvalue weighted by molar-refractivity contribution is 5.04. The largest absolute Gasteiger partial charge is 0.333 e. The van der Waals surface area contributed by atoms with Crippen LogP contribution in [0.15, 0.2) is 12.4 Å². The number of imidazole rings is 1. The standard InChI is InChI=1S/C14H23N5/c1-3-5-17-14(2,12-15)4-7-18-9-10-19-8-6-16-13(19)11-18/h6,8,17H,3-5,7,9-11H2,1-2H3. The van der Waals surface area contributed by atoms with E-state index in [1.54, 1.807) is 0 Å². The minimum atomic E-state index is -0.414. The average molecular weight is 261 g/mol. The molecule has 0 saturated carbocycles. The minimum absolute atomic E-state index is 0.414. The lowest BCUT2D eigenvalue weighted by Gasteiger charge is -2.31. The molecule has 0 fully saturated rings. The van der Waals surface area contributed by atoms with Crippen molar-refractivity contribution < 1.29 is 0 Å². The van der Waals surface area contributed by atoms with Gasteiger partial charge >= 0.3 is 0 Å². The summed E-state index contributed by atoms with van der Waals surface area (Å²) in [6.45, 7) is 8.88. The van der Waals surface area contributed by atoms with Crippen molar-refractivity contribution in [2.45, 2.75) is 45.3 Å². The first-order valence-corrected chi connectivity index (χ1v) is 7.05. The van der Waals surface area contributed by atoms with E-state index >= 15 is 0 Å². The molecule has 0 saturated heterocycles. The third kappa shape index (κ3) is 3.55. The van der Waals surface area contributed by atoms with Gasteiger partial charge in [0, 0.05) is 32.0 Å². The molecular weight excluding hydrogens is 238 g/mol. The van der Waals surface area contributed by atoms with E-state index in [9.17, 15) is 5.26 Å². The van der Waals surface area contributed by atoms with Crippen LogP contribution < -0.4 is 5.32 Å². The number of hydrogen-bond acceptors (Lipinski definition) is 4. The van der Waals surface area contributed by atoms with Crippen LogP contribution in [0.5, 0.6) is 0 Å². The highest BCUT2D eigenvalue weighted by Crippen LogP contribution is 2.14. The Labute approximate surface area is 115 Å². The van der Waals surface area contributed by atoms with Crippen molar-refractivity contribution in [1.82, 2.24) is 19.8 Å². The van der Waals surface area contributed by atoms with Gasteiger partial charge in [-0.25, -0.2) is 4.98 Å². The third-order valence-corrected chi connectivity index (χ3v) is 3.76. The monoisotopic (exact) mass is 261 g/mol. The molecule has 1 atom stereocenters. The Bertz CT molecular complexity index is 447. The Morgan fingerprint density at radius 1 is 1.53 bits per heavy atom. The molecule has 5 heteroatoms. The molecule has 19 heavy (non-hydrogen) atoms. The van der Waals surface area contributed by atoms with Gasteiger partial charge in [-0.15, -0.1) is 0 Å². The summed E-state index contributed by atoms with van der Waals surface area (Å²) in [5.74, 6) is 1.13. The SMILES string of the molecule is CCCNC(C)(C#N)CCN1CCn2ccnc2C1. The van der Waals surface area contributed by atoms with Crippen molar-refractivity contribution in [3.05, 3.63) is 18.2 Å². The molecule has 1 aliphatic heterocycles. The summed E-state index contributed by atoms with van der Waals surface area (Å²) in [7, 11) is 0. The Hall–Kier alpha value is -1.38. The van der Waals surface area contributed by atoms with Gasteiger partial charge in [-0.1, -0.05) is 6.92 Å². The molecule has 0 aliphatic carbocycles. The molecule has 1 aromatic rings. The lowest BCUT2D eigenvalue weighted by Crippen LogP contribution is -2.45. The number of nitrogens with zero attached hydrogens (tertiary/aromatic N) is 4. The van der Waals surface area contributed by atoms with Gasteiger partial charge in [0.15, 0.2) is 0 Å². The fraction of sp³-hybridized carbons (Fsp3) is 0.714. The molecule has 0 radical (unpaired) electrons. The van der Waals surface area contributed by atoms with E-state index < -0.39 is 5.54 Å². The Morgan fingerprint density at radius 3 is 3.11 bits per heavy atom.